The average molecular weight is 204 g/mol. The highest BCUT2D eigenvalue weighted by atomic mass is 35.5. The van der Waals surface area contributed by atoms with Gasteiger partial charge in [0.05, 0.1) is 6.42 Å². The van der Waals surface area contributed by atoms with Gasteiger partial charge in [-0.2, -0.15) is 13.2 Å². The largest absolute Gasteiger partial charge is 0.390 e. The van der Waals surface area contributed by atoms with E-state index >= 15 is 0 Å². The Kier molecular flexibility index (Phi) is 4.37. The molecule has 1 atom stereocenters. The van der Waals surface area contributed by atoms with Crippen molar-refractivity contribution in [2.75, 3.05) is 6.54 Å². The van der Waals surface area contributed by atoms with Crippen LogP contribution in [0, 0.1) is 0 Å². The van der Waals surface area contributed by atoms with Gasteiger partial charge in [0.15, 0.2) is 0 Å². The van der Waals surface area contributed by atoms with Gasteiger partial charge in [-0.15, -0.1) is 11.6 Å². The van der Waals surface area contributed by atoms with Crippen molar-refractivity contribution in [1.29, 1.82) is 0 Å². The van der Waals surface area contributed by atoms with Gasteiger partial charge in [0.1, 0.15) is 5.38 Å². The summed E-state index contributed by atoms with van der Waals surface area (Å²) in [7, 11) is 0. The first-order valence-electron chi connectivity index (χ1n) is 3.31. The van der Waals surface area contributed by atoms with E-state index in [0.29, 0.717) is 0 Å². The number of alkyl halides is 4. The highest BCUT2D eigenvalue weighted by Crippen LogP contribution is 2.18. The van der Waals surface area contributed by atoms with Gasteiger partial charge in [0.2, 0.25) is 5.91 Å². The Morgan fingerprint density at radius 2 is 2.08 bits per heavy atom. The first-order chi connectivity index (χ1) is 5.33. The molecule has 0 saturated carbocycles. The van der Waals surface area contributed by atoms with Crippen LogP contribution in [0.3, 0.4) is 0 Å². The minimum atomic E-state index is -4.23. The van der Waals surface area contributed by atoms with Crippen molar-refractivity contribution in [3.05, 3.63) is 0 Å². The molecule has 0 radical (unpaired) electrons. The maximum absolute atomic E-state index is 11.5. The summed E-state index contributed by atoms with van der Waals surface area (Å²) in [6, 6.07) is 0. The lowest BCUT2D eigenvalue weighted by atomic mass is 10.4. The molecule has 1 unspecified atom stereocenters. The van der Waals surface area contributed by atoms with E-state index in [1.165, 1.54) is 6.92 Å². The predicted molar refractivity (Wildman–Crippen MR) is 39.0 cm³/mol. The Bertz CT molecular complexity index is 157. The molecule has 72 valence electrons. The standard InChI is InChI=1S/C6H9ClF3NO/c1-4(7)5(12)11-3-2-6(8,9)10/h4H,2-3H2,1H3,(H,11,12). The van der Waals surface area contributed by atoms with Crippen molar-refractivity contribution < 1.29 is 18.0 Å². The summed E-state index contributed by atoms with van der Waals surface area (Å²) in [4.78, 5) is 10.6. The van der Waals surface area contributed by atoms with E-state index in [-0.39, 0.29) is 0 Å². The van der Waals surface area contributed by atoms with Crippen LogP contribution in [0.1, 0.15) is 13.3 Å². The lowest BCUT2D eigenvalue weighted by Crippen LogP contribution is -2.32. The van der Waals surface area contributed by atoms with Crippen molar-refractivity contribution in [2.24, 2.45) is 0 Å². The van der Waals surface area contributed by atoms with Crippen LogP contribution < -0.4 is 5.32 Å². The van der Waals surface area contributed by atoms with E-state index in [2.05, 4.69) is 0 Å². The topological polar surface area (TPSA) is 29.1 Å². The molecular formula is C6H9ClF3NO. The van der Waals surface area contributed by atoms with E-state index in [9.17, 15) is 18.0 Å². The molecule has 0 aromatic carbocycles. The van der Waals surface area contributed by atoms with Crippen LogP contribution in [0.4, 0.5) is 13.2 Å². The fraction of sp³-hybridized carbons (Fsp3) is 0.833. The Balaban J connectivity index is 3.51. The number of hydrogen-bond donors (Lipinski definition) is 1. The molecule has 0 aromatic heterocycles. The monoisotopic (exact) mass is 203 g/mol. The zero-order valence-corrected chi connectivity index (χ0v) is 7.17. The molecule has 0 bridgehead atoms. The summed E-state index contributed by atoms with van der Waals surface area (Å²) in [5.74, 6) is -0.582. The molecule has 0 aliphatic carbocycles. The number of carbonyl (C=O) groups excluding carboxylic acids is 1. The van der Waals surface area contributed by atoms with E-state index in [0.717, 1.165) is 0 Å². The Morgan fingerprint density at radius 1 is 1.58 bits per heavy atom. The molecule has 0 fully saturated rings. The number of rotatable bonds is 3. The minimum Gasteiger partial charge on any atom is -0.354 e. The number of halogens is 4. The zero-order valence-electron chi connectivity index (χ0n) is 6.41. The normalized spacial score (nSPS) is 14.1. The summed E-state index contributed by atoms with van der Waals surface area (Å²) >= 11 is 5.28. The van der Waals surface area contributed by atoms with Gasteiger partial charge in [0, 0.05) is 6.54 Å². The lowest BCUT2D eigenvalue weighted by Gasteiger charge is -2.08. The van der Waals surface area contributed by atoms with Crippen molar-refractivity contribution >= 4 is 17.5 Å². The van der Waals surface area contributed by atoms with Crippen molar-refractivity contribution in [1.82, 2.24) is 5.32 Å². The van der Waals surface area contributed by atoms with Gasteiger partial charge < -0.3 is 5.32 Å². The number of carbonyl (C=O) groups is 1. The summed E-state index contributed by atoms with van der Waals surface area (Å²) in [6.45, 7) is 0.976. The maximum Gasteiger partial charge on any atom is 0.390 e. The van der Waals surface area contributed by atoms with Crippen LogP contribution in [0.5, 0.6) is 0 Å². The highest BCUT2D eigenvalue weighted by Gasteiger charge is 2.26. The second kappa shape index (κ2) is 4.54. The van der Waals surface area contributed by atoms with Gasteiger partial charge in [0.25, 0.3) is 0 Å². The van der Waals surface area contributed by atoms with Crippen LogP contribution in [-0.2, 0) is 4.79 Å². The molecular weight excluding hydrogens is 195 g/mol. The first-order valence-corrected chi connectivity index (χ1v) is 3.75. The molecule has 0 aliphatic heterocycles. The number of hydrogen-bond acceptors (Lipinski definition) is 1. The quantitative estimate of drug-likeness (QED) is 0.695. The third-order valence-electron chi connectivity index (χ3n) is 1.07. The van der Waals surface area contributed by atoms with Crippen LogP contribution in [0.2, 0.25) is 0 Å². The molecule has 0 saturated heterocycles. The Hall–Kier alpha value is -0.450. The van der Waals surface area contributed by atoms with Crippen LogP contribution in [0.15, 0.2) is 0 Å². The average Bonchev–Trinajstić information content (AvgIpc) is 1.84. The second-order valence-corrected chi connectivity index (χ2v) is 2.93. The maximum atomic E-state index is 11.5. The summed E-state index contributed by atoms with van der Waals surface area (Å²) < 4.78 is 34.6. The van der Waals surface area contributed by atoms with Crippen LogP contribution in [0.25, 0.3) is 0 Å². The minimum absolute atomic E-state index is 0.417. The molecule has 0 spiro atoms. The van der Waals surface area contributed by atoms with Gasteiger partial charge in [-0.05, 0) is 6.92 Å². The number of amides is 1. The SMILES string of the molecule is CC(Cl)C(=O)NCCC(F)(F)F. The van der Waals surface area contributed by atoms with Gasteiger partial charge in [-0.25, -0.2) is 0 Å². The zero-order chi connectivity index (χ0) is 9.78. The Morgan fingerprint density at radius 3 is 2.42 bits per heavy atom. The Labute approximate surface area is 73.1 Å². The molecule has 2 nitrogen and oxygen atoms in total. The van der Waals surface area contributed by atoms with Crippen LogP contribution >= 0.6 is 11.6 Å². The van der Waals surface area contributed by atoms with Gasteiger partial charge in [-0.1, -0.05) is 0 Å². The molecule has 0 heterocycles. The lowest BCUT2D eigenvalue weighted by molar-refractivity contribution is -0.135. The predicted octanol–water partition coefficient (Wildman–Crippen LogP) is 1.68. The summed E-state index contributed by atoms with van der Waals surface area (Å²) in [5, 5.41) is 1.25. The van der Waals surface area contributed by atoms with Crippen molar-refractivity contribution in [3.63, 3.8) is 0 Å². The molecule has 12 heavy (non-hydrogen) atoms. The van der Waals surface area contributed by atoms with Crippen molar-refractivity contribution in [2.45, 2.75) is 24.9 Å². The fourth-order valence-corrected chi connectivity index (χ4v) is 0.545. The molecule has 1 amide bonds. The summed E-state index contributed by atoms with van der Waals surface area (Å²) in [6.07, 6.45) is -5.26. The van der Waals surface area contributed by atoms with Gasteiger partial charge >= 0.3 is 6.18 Å². The second-order valence-electron chi connectivity index (χ2n) is 2.27. The smallest absolute Gasteiger partial charge is 0.354 e. The molecule has 1 N–H and O–H groups in total. The van der Waals surface area contributed by atoms with Gasteiger partial charge in [-0.3, -0.25) is 4.79 Å². The third kappa shape index (κ3) is 6.27. The molecule has 0 aliphatic rings. The highest BCUT2D eigenvalue weighted by molar-refractivity contribution is 6.30. The van der Waals surface area contributed by atoms with E-state index in [4.69, 9.17) is 11.6 Å². The fourth-order valence-electron chi connectivity index (χ4n) is 0.468. The van der Waals surface area contributed by atoms with E-state index in [1.807, 2.05) is 5.32 Å². The molecule has 0 aromatic rings. The third-order valence-corrected chi connectivity index (χ3v) is 1.27. The van der Waals surface area contributed by atoms with E-state index < -0.39 is 30.4 Å². The van der Waals surface area contributed by atoms with Crippen LogP contribution in [-0.4, -0.2) is 24.0 Å². The number of nitrogens with one attached hydrogen (secondary N) is 1. The van der Waals surface area contributed by atoms with E-state index in [1.54, 1.807) is 0 Å². The summed E-state index contributed by atoms with van der Waals surface area (Å²) in [5.41, 5.74) is 0. The van der Waals surface area contributed by atoms with Crippen molar-refractivity contribution in [3.8, 4) is 0 Å². The first kappa shape index (κ1) is 11.6. The molecule has 6 heteroatoms. The molecule has 0 rings (SSSR count).